The van der Waals surface area contributed by atoms with Crippen molar-refractivity contribution >= 4 is 23.1 Å². The highest BCUT2D eigenvalue weighted by atomic mass is 32.1. The Morgan fingerprint density at radius 1 is 1.17 bits per heavy atom. The van der Waals surface area contributed by atoms with E-state index in [1.165, 1.54) is 24.3 Å². The molecule has 2 aromatic rings. The molecule has 2 heterocycles. The van der Waals surface area contributed by atoms with Gasteiger partial charge < -0.3 is 15.5 Å². The van der Waals surface area contributed by atoms with Gasteiger partial charge in [0.15, 0.2) is 10.9 Å². The van der Waals surface area contributed by atoms with Crippen molar-refractivity contribution in [2.75, 3.05) is 38.5 Å². The smallest absolute Gasteiger partial charge is 0.176 e. The monoisotopic (exact) mass is 430 g/mol. The third kappa shape index (κ3) is 4.75. The van der Waals surface area contributed by atoms with Crippen LogP contribution in [0.5, 0.6) is 0 Å². The van der Waals surface area contributed by atoms with Gasteiger partial charge in [-0.3, -0.25) is 10.00 Å². The molecule has 1 aliphatic heterocycles. The average Bonchev–Trinajstić information content (AvgIpc) is 3.17. The van der Waals surface area contributed by atoms with E-state index in [1.54, 1.807) is 0 Å². The van der Waals surface area contributed by atoms with Gasteiger partial charge in [0.1, 0.15) is 11.6 Å². The number of H-pyrrole nitrogens is 1. The summed E-state index contributed by atoms with van der Waals surface area (Å²) in [5.74, 6) is -0.933. The molecule has 1 saturated heterocycles. The Hall–Kier alpha value is -2.62. The van der Waals surface area contributed by atoms with E-state index in [0.717, 1.165) is 38.3 Å². The Bertz CT molecular complexity index is 957. The Kier molecular flexibility index (Phi) is 6.21. The lowest BCUT2D eigenvalue weighted by atomic mass is 10.0. The lowest BCUT2D eigenvalue weighted by Crippen LogP contribution is -2.48. The van der Waals surface area contributed by atoms with Crippen molar-refractivity contribution in [3.63, 3.8) is 0 Å². The summed E-state index contributed by atoms with van der Waals surface area (Å²) in [4.78, 5) is 4.84. The summed E-state index contributed by atoms with van der Waals surface area (Å²) in [5.41, 5.74) is 1.00. The van der Waals surface area contributed by atoms with Crippen molar-refractivity contribution in [1.29, 1.82) is 0 Å². The van der Waals surface area contributed by atoms with Crippen LogP contribution in [-0.2, 0) is 0 Å². The van der Waals surface area contributed by atoms with Crippen molar-refractivity contribution in [2.45, 2.75) is 12.5 Å². The zero-order chi connectivity index (χ0) is 21.1. The molecule has 1 fully saturated rings. The number of aromatic amines is 1. The first-order valence-electron chi connectivity index (χ1n) is 9.88. The van der Waals surface area contributed by atoms with Gasteiger partial charge in [-0.25, -0.2) is 8.78 Å². The topological polar surface area (TPSA) is 59.2 Å². The number of allylic oxidation sites excluding steroid dienone is 1. The number of anilines is 1. The third-order valence-corrected chi connectivity index (χ3v) is 5.60. The Labute approximate surface area is 179 Å². The van der Waals surface area contributed by atoms with Gasteiger partial charge in [-0.15, -0.1) is 0 Å². The number of halogens is 2. The van der Waals surface area contributed by atoms with E-state index in [-0.39, 0.29) is 11.3 Å². The first-order chi connectivity index (χ1) is 14.5. The van der Waals surface area contributed by atoms with Crippen LogP contribution in [0.1, 0.15) is 6.42 Å². The maximum atomic E-state index is 13.9. The second kappa shape index (κ2) is 9.03. The predicted octanol–water partition coefficient (Wildman–Crippen LogP) is 3.10. The van der Waals surface area contributed by atoms with Crippen LogP contribution in [0.25, 0.3) is 11.3 Å². The number of likely N-dealkylation sites (N-methyl/N-ethyl adjacent to an activating group) is 1. The number of aromatic nitrogens is 2. The summed E-state index contributed by atoms with van der Waals surface area (Å²) in [6.45, 7) is 4.34. The van der Waals surface area contributed by atoms with E-state index in [2.05, 4.69) is 49.8 Å². The molecular formula is C21H24F2N6S. The van der Waals surface area contributed by atoms with Crippen LogP contribution < -0.4 is 10.6 Å². The van der Waals surface area contributed by atoms with Crippen LogP contribution in [0.3, 0.4) is 0 Å². The number of hydrogen-bond donors (Lipinski definition) is 3. The molecule has 9 heteroatoms. The molecule has 2 aliphatic rings. The Balaban J connectivity index is 1.32. The maximum Gasteiger partial charge on any atom is 0.176 e. The molecule has 0 bridgehead atoms. The molecule has 1 aromatic heterocycles. The van der Waals surface area contributed by atoms with Gasteiger partial charge in [0.05, 0.1) is 11.3 Å². The summed E-state index contributed by atoms with van der Waals surface area (Å²) in [6.07, 6.45) is 7.28. The van der Waals surface area contributed by atoms with Crippen LogP contribution in [0.2, 0.25) is 0 Å². The average molecular weight is 431 g/mol. The molecule has 0 radical (unpaired) electrons. The lowest BCUT2D eigenvalue weighted by Gasteiger charge is -2.37. The molecule has 0 saturated carbocycles. The number of piperazine rings is 1. The molecule has 4 rings (SSSR count). The van der Waals surface area contributed by atoms with Gasteiger partial charge in [0.2, 0.25) is 0 Å². The number of benzene rings is 1. The SMILES string of the molecule is CN1CCN(C2C=CC(NC(=S)Nc3cc(-c4c(F)cccc4F)[nH]n3)=CC2)CC1. The molecule has 158 valence electrons. The van der Waals surface area contributed by atoms with Crippen LogP contribution in [0.4, 0.5) is 14.6 Å². The molecule has 0 spiro atoms. The van der Waals surface area contributed by atoms with Gasteiger partial charge in [-0.1, -0.05) is 18.2 Å². The summed E-state index contributed by atoms with van der Waals surface area (Å²) >= 11 is 5.35. The predicted molar refractivity (Wildman–Crippen MR) is 118 cm³/mol. The van der Waals surface area contributed by atoms with Gasteiger partial charge in [0.25, 0.3) is 0 Å². The highest BCUT2D eigenvalue weighted by molar-refractivity contribution is 7.80. The second-order valence-electron chi connectivity index (χ2n) is 7.50. The minimum absolute atomic E-state index is 0.148. The summed E-state index contributed by atoms with van der Waals surface area (Å²) in [6, 6.07) is 5.66. The first kappa shape index (κ1) is 20.6. The molecule has 1 unspecified atom stereocenters. The van der Waals surface area contributed by atoms with Crippen LogP contribution in [-0.4, -0.2) is 64.4 Å². The quantitative estimate of drug-likeness (QED) is 0.648. The molecular weight excluding hydrogens is 406 g/mol. The highest BCUT2D eigenvalue weighted by Gasteiger charge is 2.21. The fraction of sp³-hybridized carbons (Fsp3) is 0.333. The minimum Gasteiger partial charge on any atom is -0.333 e. The molecule has 1 aliphatic carbocycles. The number of nitrogens with zero attached hydrogens (tertiary/aromatic N) is 3. The molecule has 1 atom stereocenters. The van der Waals surface area contributed by atoms with Crippen molar-refractivity contribution in [3.8, 4) is 11.3 Å². The van der Waals surface area contributed by atoms with Crippen molar-refractivity contribution in [2.24, 2.45) is 0 Å². The van der Waals surface area contributed by atoms with Crippen LogP contribution >= 0.6 is 12.2 Å². The van der Waals surface area contributed by atoms with Gasteiger partial charge in [-0.2, -0.15) is 5.10 Å². The number of nitrogens with one attached hydrogen (secondary N) is 3. The third-order valence-electron chi connectivity index (χ3n) is 5.39. The molecule has 30 heavy (non-hydrogen) atoms. The first-order valence-corrected chi connectivity index (χ1v) is 10.3. The minimum atomic E-state index is -0.654. The number of thiocarbonyl (C=S) groups is 1. The fourth-order valence-electron chi connectivity index (χ4n) is 3.67. The summed E-state index contributed by atoms with van der Waals surface area (Å²) in [5, 5.41) is 13.1. The van der Waals surface area contributed by atoms with E-state index in [1.807, 2.05) is 6.08 Å². The molecule has 6 nitrogen and oxygen atoms in total. The van der Waals surface area contributed by atoms with E-state index in [0.29, 0.717) is 17.0 Å². The zero-order valence-corrected chi connectivity index (χ0v) is 17.5. The van der Waals surface area contributed by atoms with E-state index < -0.39 is 11.6 Å². The molecule has 0 amide bonds. The van der Waals surface area contributed by atoms with E-state index in [9.17, 15) is 8.78 Å². The molecule has 3 N–H and O–H groups in total. The molecule has 1 aromatic carbocycles. The van der Waals surface area contributed by atoms with Crippen molar-refractivity contribution < 1.29 is 8.78 Å². The second-order valence-corrected chi connectivity index (χ2v) is 7.91. The fourth-order valence-corrected chi connectivity index (χ4v) is 3.90. The Morgan fingerprint density at radius 2 is 1.90 bits per heavy atom. The summed E-state index contributed by atoms with van der Waals surface area (Å²) in [7, 11) is 2.15. The van der Waals surface area contributed by atoms with Gasteiger partial charge >= 0.3 is 0 Å². The highest BCUT2D eigenvalue weighted by Crippen LogP contribution is 2.25. The zero-order valence-electron chi connectivity index (χ0n) is 16.7. The lowest BCUT2D eigenvalue weighted by molar-refractivity contribution is 0.130. The Morgan fingerprint density at radius 3 is 2.57 bits per heavy atom. The van der Waals surface area contributed by atoms with Crippen LogP contribution in [0, 0.1) is 11.6 Å². The normalized spacial score (nSPS) is 20.1. The maximum absolute atomic E-state index is 13.9. The van der Waals surface area contributed by atoms with Crippen molar-refractivity contribution in [1.82, 2.24) is 25.3 Å². The number of hydrogen-bond acceptors (Lipinski definition) is 4. The van der Waals surface area contributed by atoms with E-state index >= 15 is 0 Å². The van der Waals surface area contributed by atoms with Crippen molar-refractivity contribution in [3.05, 3.63) is 59.8 Å². The summed E-state index contributed by atoms with van der Waals surface area (Å²) < 4.78 is 27.9. The van der Waals surface area contributed by atoms with Gasteiger partial charge in [-0.05, 0) is 43.9 Å². The van der Waals surface area contributed by atoms with Crippen LogP contribution in [0.15, 0.2) is 48.2 Å². The van der Waals surface area contributed by atoms with Gasteiger partial charge in [0, 0.05) is 44.0 Å². The standard InChI is InChI=1S/C21H24F2N6S/c1-28-9-11-29(12-10-28)15-7-5-14(6-8-15)24-21(30)25-19-13-18(26-27-19)20-16(22)3-2-4-17(20)23/h2-7,13,15H,8-12H2,1H3,(H3,24,25,26,27,30). The largest absolute Gasteiger partial charge is 0.333 e. The number of rotatable bonds is 4. The van der Waals surface area contributed by atoms with E-state index in [4.69, 9.17) is 12.2 Å².